The number of hydrogen-bond donors (Lipinski definition) is 2. The zero-order chi connectivity index (χ0) is 10.7. The van der Waals surface area contributed by atoms with Crippen LogP contribution in [-0.4, -0.2) is 31.9 Å². The maximum atomic E-state index is 10.9. The Balaban J connectivity index is 1.82. The number of rotatable bonds is 5. The van der Waals surface area contributed by atoms with Crippen LogP contribution in [0.5, 0.6) is 0 Å². The molecule has 1 aliphatic rings. The van der Waals surface area contributed by atoms with E-state index in [2.05, 4.69) is 21.0 Å². The van der Waals surface area contributed by atoms with Gasteiger partial charge in [0, 0.05) is 12.2 Å². The zero-order valence-corrected chi connectivity index (χ0v) is 8.90. The lowest BCUT2D eigenvalue weighted by Gasteiger charge is -2.01. The van der Waals surface area contributed by atoms with Crippen LogP contribution in [0.3, 0.4) is 0 Å². The van der Waals surface area contributed by atoms with Gasteiger partial charge in [-0.25, -0.2) is 10.5 Å². The maximum Gasteiger partial charge on any atom is 0.234 e. The third kappa shape index (κ3) is 2.66. The topological polar surface area (TPSA) is 98.7 Å². The maximum absolute atomic E-state index is 10.9. The molecule has 7 nitrogen and oxygen atoms in total. The molecule has 0 saturated heterocycles. The molecule has 1 heterocycles. The number of nitrogens with zero attached hydrogens (tertiary/aromatic N) is 4. The summed E-state index contributed by atoms with van der Waals surface area (Å²) in [4.78, 5) is 10.9. The molecule has 2 rings (SSSR count). The molecule has 0 bridgehead atoms. The Morgan fingerprint density at radius 1 is 1.67 bits per heavy atom. The van der Waals surface area contributed by atoms with E-state index in [4.69, 9.17) is 5.84 Å². The molecule has 1 saturated carbocycles. The average Bonchev–Trinajstić information content (AvgIpc) is 2.99. The molecule has 0 spiro atoms. The van der Waals surface area contributed by atoms with Gasteiger partial charge in [-0.15, -0.1) is 5.10 Å². The molecule has 15 heavy (non-hydrogen) atoms. The Morgan fingerprint density at radius 3 is 3.13 bits per heavy atom. The number of carbonyl (C=O) groups excluding carboxylic acids is 1. The van der Waals surface area contributed by atoms with Gasteiger partial charge in [0.2, 0.25) is 11.1 Å². The van der Waals surface area contributed by atoms with Crippen molar-refractivity contribution in [3.8, 4) is 0 Å². The fraction of sp³-hybridized carbons (Fsp3) is 0.714. The van der Waals surface area contributed by atoms with E-state index in [1.165, 1.54) is 11.8 Å². The molecule has 3 N–H and O–H groups in total. The Morgan fingerprint density at radius 2 is 2.47 bits per heavy atom. The van der Waals surface area contributed by atoms with E-state index in [0.717, 1.165) is 18.0 Å². The first-order valence-electron chi connectivity index (χ1n) is 4.71. The highest BCUT2D eigenvalue weighted by Crippen LogP contribution is 2.36. The van der Waals surface area contributed by atoms with Gasteiger partial charge in [0.05, 0.1) is 6.04 Å². The summed E-state index contributed by atoms with van der Waals surface area (Å²) in [5, 5.41) is 12.2. The van der Waals surface area contributed by atoms with Gasteiger partial charge < -0.3 is 0 Å². The van der Waals surface area contributed by atoms with E-state index in [9.17, 15) is 4.79 Å². The smallest absolute Gasteiger partial charge is 0.234 e. The van der Waals surface area contributed by atoms with E-state index in [-0.39, 0.29) is 5.91 Å². The third-order valence-corrected chi connectivity index (χ3v) is 3.01. The Kier molecular flexibility index (Phi) is 3.17. The highest BCUT2D eigenvalue weighted by Gasteiger charge is 2.27. The van der Waals surface area contributed by atoms with Gasteiger partial charge in [0.1, 0.15) is 0 Å². The van der Waals surface area contributed by atoms with Gasteiger partial charge in [-0.3, -0.25) is 10.2 Å². The van der Waals surface area contributed by atoms with Gasteiger partial charge in [0.25, 0.3) is 0 Å². The van der Waals surface area contributed by atoms with Crippen molar-refractivity contribution in [3.05, 3.63) is 0 Å². The number of nitrogens with one attached hydrogen (secondary N) is 1. The molecular weight excluding hydrogens is 216 g/mol. The van der Waals surface area contributed by atoms with E-state index in [1.807, 2.05) is 4.68 Å². The summed E-state index contributed by atoms with van der Waals surface area (Å²) in [6.07, 6.45) is 2.66. The first kappa shape index (κ1) is 10.4. The number of thioether (sulfide) groups is 1. The van der Waals surface area contributed by atoms with Crippen LogP contribution in [0.1, 0.15) is 25.3 Å². The molecule has 0 aromatic carbocycles. The number of nitrogens with two attached hydrogens (primary N) is 1. The minimum atomic E-state index is -0.173. The van der Waals surface area contributed by atoms with E-state index < -0.39 is 0 Å². The Hall–Kier alpha value is -1.15. The third-order valence-electron chi connectivity index (χ3n) is 2.08. The molecule has 1 fully saturated rings. The second-order valence-corrected chi connectivity index (χ2v) is 4.37. The van der Waals surface area contributed by atoms with Crippen molar-refractivity contribution < 1.29 is 4.79 Å². The fourth-order valence-corrected chi connectivity index (χ4v) is 2.02. The minimum absolute atomic E-state index is 0.173. The summed E-state index contributed by atoms with van der Waals surface area (Å²) in [5.74, 6) is 5.43. The molecule has 0 atom stereocenters. The minimum Gasteiger partial charge on any atom is -0.294 e. The predicted molar refractivity (Wildman–Crippen MR) is 53.8 cm³/mol. The molecule has 1 aromatic rings. The number of tetrazole rings is 1. The van der Waals surface area contributed by atoms with Crippen molar-refractivity contribution in [3.63, 3.8) is 0 Å². The van der Waals surface area contributed by atoms with Crippen molar-refractivity contribution in [2.24, 2.45) is 5.84 Å². The number of amides is 1. The summed E-state index contributed by atoms with van der Waals surface area (Å²) in [6.45, 7) is 0. The highest BCUT2D eigenvalue weighted by molar-refractivity contribution is 7.99. The highest BCUT2D eigenvalue weighted by atomic mass is 32.2. The van der Waals surface area contributed by atoms with Gasteiger partial charge in [-0.2, -0.15) is 0 Å². The number of hydrogen-bond acceptors (Lipinski definition) is 6. The van der Waals surface area contributed by atoms with Gasteiger partial charge in [0.15, 0.2) is 0 Å². The lowest BCUT2D eigenvalue weighted by Crippen LogP contribution is -2.30. The second-order valence-electron chi connectivity index (χ2n) is 3.30. The van der Waals surface area contributed by atoms with Crippen LogP contribution in [0.2, 0.25) is 0 Å². The van der Waals surface area contributed by atoms with Crippen molar-refractivity contribution >= 4 is 17.7 Å². The van der Waals surface area contributed by atoms with Crippen molar-refractivity contribution in [1.82, 2.24) is 25.6 Å². The number of carbonyl (C=O) groups is 1. The molecule has 1 aliphatic carbocycles. The fourth-order valence-electron chi connectivity index (χ4n) is 1.14. The zero-order valence-electron chi connectivity index (χ0n) is 8.09. The average molecular weight is 228 g/mol. The number of hydrazine groups is 1. The lowest BCUT2D eigenvalue weighted by atomic mass is 10.5. The molecule has 1 aromatic heterocycles. The summed E-state index contributed by atoms with van der Waals surface area (Å²) in [6, 6.07) is 0.464. The first-order chi connectivity index (χ1) is 7.31. The van der Waals surface area contributed by atoms with Crippen LogP contribution in [0.25, 0.3) is 0 Å². The normalized spacial score (nSPS) is 15.3. The molecule has 82 valence electrons. The van der Waals surface area contributed by atoms with Crippen molar-refractivity contribution in [2.45, 2.75) is 30.5 Å². The van der Waals surface area contributed by atoms with Crippen LogP contribution >= 0.6 is 11.8 Å². The Labute approximate surface area is 90.7 Å². The van der Waals surface area contributed by atoms with Crippen LogP contribution in [0.4, 0.5) is 0 Å². The SMILES string of the molecule is NNC(=O)CCSc1nnnn1C1CC1. The second kappa shape index (κ2) is 4.58. The molecule has 8 heteroatoms. The quantitative estimate of drug-likeness (QED) is 0.304. The van der Waals surface area contributed by atoms with Crippen molar-refractivity contribution in [1.29, 1.82) is 0 Å². The standard InChI is InChI=1S/C7H12N6OS/c8-9-6(14)3-4-15-7-10-11-12-13(7)5-1-2-5/h5H,1-4,8H2,(H,9,14). The molecule has 1 amide bonds. The predicted octanol–water partition coefficient (Wildman–Crippen LogP) is -0.520. The molecule has 0 aliphatic heterocycles. The van der Waals surface area contributed by atoms with E-state index in [1.54, 1.807) is 0 Å². The van der Waals surface area contributed by atoms with Gasteiger partial charge in [-0.05, 0) is 23.3 Å². The summed E-state index contributed by atoms with van der Waals surface area (Å²) in [5.41, 5.74) is 2.08. The molecular formula is C7H12N6OS. The first-order valence-corrected chi connectivity index (χ1v) is 5.70. The Bertz CT molecular complexity index is 349. The van der Waals surface area contributed by atoms with Crippen LogP contribution in [0.15, 0.2) is 5.16 Å². The lowest BCUT2D eigenvalue weighted by molar-refractivity contribution is -0.120. The van der Waals surface area contributed by atoms with Crippen molar-refractivity contribution in [2.75, 3.05) is 5.75 Å². The monoisotopic (exact) mass is 228 g/mol. The van der Waals surface area contributed by atoms with E-state index in [0.29, 0.717) is 18.2 Å². The molecule has 0 radical (unpaired) electrons. The summed E-state index contributed by atoms with van der Waals surface area (Å²) in [7, 11) is 0. The van der Waals surface area contributed by atoms with Crippen LogP contribution < -0.4 is 11.3 Å². The van der Waals surface area contributed by atoms with E-state index >= 15 is 0 Å². The van der Waals surface area contributed by atoms with Gasteiger partial charge >= 0.3 is 0 Å². The molecule has 0 unspecified atom stereocenters. The number of aromatic nitrogens is 4. The van der Waals surface area contributed by atoms with Crippen LogP contribution in [-0.2, 0) is 4.79 Å². The summed E-state index contributed by atoms with van der Waals surface area (Å²) >= 11 is 1.48. The summed E-state index contributed by atoms with van der Waals surface area (Å²) < 4.78 is 1.82. The van der Waals surface area contributed by atoms with Gasteiger partial charge in [-0.1, -0.05) is 11.8 Å². The largest absolute Gasteiger partial charge is 0.294 e. The van der Waals surface area contributed by atoms with Crippen LogP contribution in [0, 0.1) is 0 Å².